The summed E-state index contributed by atoms with van der Waals surface area (Å²) in [6.07, 6.45) is 3.73. The van der Waals surface area contributed by atoms with Crippen LogP contribution in [-0.2, 0) is 14.8 Å². The Morgan fingerprint density at radius 3 is 2.62 bits per heavy atom. The first-order chi connectivity index (χ1) is 9.95. The molecule has 0 saturated carbocycles. The van der Waals surface area contributed by atoms with Crippen molar-refractivity contribution in [3.63, 3.8) is 0 Å². The van der Waals surface area contributed by atoms with Crippen LogP contribution in [0.25, 0.3) is 0 Å². The van der Waals surface area contributed by atoms with E-state index in [0.29, 0.717) is 31.9 Å². The minimum absolute atomic E-state index is 0.192. The molecule has 1 fully saturated rings. The molecule has 0 aromatic carbocycles. The van der Waals surface area contributed by atoms with Gasteiger partial charge in [-0.3, -0.25) is 0 Å². The Morgan fingerprint density at radius 2 is 2.05 bits per heavy atom. The molecule has 0 radical (unpaired) electrons. The van der Waals surface area contributed by atoms with Crippen molar-refractivity contribution >= 4 is 15.8 Å². The monoisotopic (exact) mass is 313 g/mol. The van der Waals surface area contributed by atoms with Crippen molar-refractivity contribution in [2.45, 2.75) is 43.5 Å². The van der Waals surface area contributed by atoms with E-state index in [4.69, 9.17) is 4.74 Å². The summed E-state index contributed by atoms with van der Waals surface area (Å²) in [6, 6.07) is 3.27. The largest absolute Gasteiger partial charge is 0.381 e. The van der Waals surface area contributed by atoms with Crippen molar-refractivity contribution in [3.05, 3.63) is 18.3 Å². The molecule has 6 nitrogen and oxygen atoms in total. The highest BCUT2D eigenvalue weighted by atomic mass is 32.2. The fraction of sp³-hybridized carbons (Fsp3) is 0.643. The highest BCUT2D eigenvalue weighted by molar-refractivity contribution is 7.89. The summed E-state index contributed by atoms with van der Waals surface area (Å²) in [7, 11) is -3.55. The van der Waals surface area contributed by atoms with Crippen molar-refractivity contribution < 1.29 is 13.2 Å². The van der Waals surface area contributed by atoms with Gasteiger partial charge >= 0.3 is 0 Å². The number of aromatic nitrogens is 1. The Balaban J connectivity index is 2.08. The van der Waals surface area contributed by atoms with Gasteiger partial charge < -0.3 is 10.1 Å². The zero-order valence-electron chi connectivity index (χ0n) is 12.6. The lowest BCUT2D eigenvalue weighted by Crippen LogP contribution is -2.49. The molecule has 7 heteroatoms. The van der Waals surface area contributed by atoms with Gasteiger partial charge in [0, 0.05) is 31.5 Å². The molecule has 2 rings (SSSR count). The number of ether oxygens (including phenoxy) is 1. The summed E-state index contributed by atoms with van der Waals surface area (Å²) in [5.74, 6) is 0.688. The number of rotatable bonds is 6. The van der Waals surface area contributed by atoms with Gasteiger partial charge in [-0.1, -0.05) is 6.92 Å². The molecule has 21 heavy (non-hydrogen) atoms. The Kier molecular flexibility index (Phi) is 5.18. The minimum Gasteiger partial charge on any atom is -0.381 e. The predicted molar refractivity (Wildman–Crippen MR) is 81.8 cm³/mol. The zero-order valence-corrected chi connectivity index (χ0v) is 13.4. The van der Waals surface area contributed by atoms with Gasteiger partial charge in [0.25, 0.3) is 0 Å². The Labute approximate surface area is 126 Å². The van der Waals surface area contributed by atoms with Gasteiger partial charge in [-0.2, -0.15) is 0 Å². The van der Waals surface area contributed by atoms with E-state index < -0.39 is 15.6 Å². The van der Waals surface area contributed by atoms with E-state index in [9.17, 15) is 8.42 Å². The van der Waals surface area contributed by atoms with Gasteiger partial charge in [0.05, 0.1) is 0 Å². The quantitative estimate of drug-likeness (QED) is 0.836. The normalized spacial score (nSPS) is 18.4. The lowest BCUT2D eigenvalue weighted by atomic mass is 9.94. The number of pyridine rings is 1. The van der Waals surface area contributed by atoms with Crippen LogP contribution in [0.3, 0.4) is 0 Å². The maximum absolute atomic E-state index is 12.4. The summed E-state index contributed by atoms with van der Waals surface area (Å²) in [5, 5.41) is 3.12. The van der Waals surface area contributed by atoms with Gasteiger partial charge in [0.1, 0.15) is 10.7 Å². The van der Waals surface area contributed by atoms with Crippen molar-refractivity contribution in [1.29, 1.82) is 0 Å². The molecular weight excluding hydrogens is 290 g/mol. The molecule has 0 bridgehead atoms. The van der Waals surface area contributed by atoms with Crippen LogP contribution in [0.4, 0.5) is 5.82 Å². The lowest BCUT2D eigenvalue weighted by Gasteiger charge is -2.33. The number of hydrogen-bond acceptors (Lipinski definition) is 5. The molecule has 1 saturated heterocycles. The molecule has 0 amide bonds. The van der Waals surface area contributed by atoms with E-state index in [-0.39, 0.29) is 4.90 Å². The third-order valence-electron chi connectivity index (χ3n) is 3.58. The Morgan fingerprint density at radius 1 is 1.33 bits per heavy atom. The van der Waals surface area contributed by atoms with E-state index >= 15 is 0 Å². The molecule has 2 heterocycles. The Hall–Kier alpha value is -1.18. The highest BCUT2D eigenvalue weighted by Crippen LogP contribution is 2.23. The van der Waals surface area contributed by atoms with Crippen molar-refractivity contribution in [2.75, 3.05) is 25.1 Å². The van der Waals surface area contributed by atoms with E-state index in [0.717, 1.165) is 13.0 Å². The number of anilines is 1. The molecular formula is C14H23N3O3S. The number of nitrogens with one attached hydrogen (secondary N) is 2. The molecule has 118 valence electrons. The van der Waals surface area contributed by atoms with E-state index in [1.807, 2.05) is 6.92 Å². The molecule has 0 unspecified atom stereocenters. The molecule has 0 spiro atoms. The summed E-state index contributed by atoms with van der Waals surface area (Å²) in [6.45, 7) is 5.95. The molecule has 1 aromatic heterocycles. The van der Waals surface area contributed by atoms with Gasteiger partial charge in [0.2, 0.25) is 10.0 Å². The average Bonchev–Trinajstić information content (AvgIpc) is 2.45. The number of sulfonamides is 1. The topological polar surface area (TPSA) is 80.3 Å². The van der Waals surface area contributed by atoms with Crippen LogP contribution < -0.4 is 10.0 Å². The summed E-state index contributed by atoms with van der Waals surface area (Å²) in [5.41, 5.74) is -0.448. The second-order valence-corrected chi connectivity index (χ2v) is 7.27. The maximum Gasteiger partial charge on any atom is 0.242 e. The SMILES string of the molecule is CCCNc1ccc(S(=O)(=O)NC2(C)CCOCC2)cn1. The lowest BCUT2D eigenvalue weighted by molar-refractivity contribution is 0.0537. The van der Waals surface area contributed by atoms with Crippen LogP contribution in [0, 0.1) is 0 Å². The van der Waals surface area contributed by atoms with Crippen molar-refractivity contribution in [3.8, 4) is 0 Å². The van der Waals surface area contributed by atoms with Crippen LogP contribution in [0.15, 0.2) is 23.2 Å². The number of nitrogens with zero attached hydrogens (tertiary/aromatic N) is 1. The molecule has 0 atom stereocenters. The first-order valence-electron chi connectivity index (χ1n) is 7.27. The van der Waals surface area contributed by atoms with Crippen LogP contribution in [0.5, 0.6) is 0 Å². The first kappa shape index (κ1) is 16.2. The number of hydrogen-bond donors (Lipinski definition) is 2. The minimum atomic E-state index is -3.55. The molecule has 2 N–H and O–H groups in total. The fourth-order valence-electron chi connectivity index (χ4n) is 2.20. The summed E-state index contributed by atoms with van der Waals surface area (Å²) < 4.78 is 32.9. The van der Waals surface area contributed by atoms with Crippen molar-refractivity contribution in [1.82, 2.24) is 9.71 Å². The van der Waals surface area contributed by atoms with E-state index in [1.165, 1.54) is 6.20 Å². The van der Waals surface area contributed by atoms with Crippen LogP contribution >= 0.6 is 0 Å². The van der Waals surface area contributed by atoms with Gasteiger partial charge in [-0.15, -0.1) is 0 Å². The molecule has 0 aliphatic carbocycles. The van der Waals surface area contributed by atoms with E-state index in [2.05, 4.69) is 21.9 Å². The first-order valence-corrected chi connectivity index (χ1v) is 8.75. The highest BCUT2D eigenvalue weighted by Gasteiger charge is 2.32. The standard InChI is InChI=1S/C14H23N3O3S/c1-3-8-15-13-5-4-12(11-16-13)21(18,19)17-14(2)6-9-20-10-7-14/h4-5,11,17H,3,6-10H2,1-2H3,(H,15,16). The van der Waals surface area contributed by atoms with Gasteiger partial charge in [-0.05, 0) is 38.3 Å². The maximum atomic E-state index is 12.4. The third-order valence-corrected chi connectivity index (χ3v) is 5.20. The second-order valence-electron chi connectivity index (χ2n) is 5.58. The Bertz CT molecular complexity index is 551. The van der Waals surface area contributed by atoms with Crippen LogP contribution in [-0.4, -0.2) is 38.7 Å². The fourth-order valence-corrected chi connectivity index (χ4v) is 3.61. The second kappa shape index (κ2) is 6.72. The molecule has 1 aliphatic heterocycles. The van der Waals surface area contributed by atoms with Crippen LogP contribution in [0.2, 0.25) is 0 Å². The predicted octanol–water partition coefficient (Wildman–Crippen LogP) is 1.75. The zero-order chi connectivity index (χ0) is 15.3. The van der Waals surface area contributed by atoms with Gasteiger partial charge in [-0.25, -0.2) is 18.1 Å². The average molecular weight is 313 g/mol. The van der Waals surface area contributed by atoms with Crippen molar-refractivity contribution in [2.24, 2.45) is 0 Å². The molecule has 1 aliphatic rings. The van der Waals surface area contributed by atoms with Gasteiger partial charge in [0.15, 0.2) is 0 Å². The third kappa shape index (κ3) is 4.39. The van der Waals surface area contributed by atoms with Crippen LogP contribution in [0.1, 0.15) is 33.1 Å². The summed E-state index contributed by atoms with van der Waals surface area (Å²) >= 11 is 0. The smallest absolute Gasteiger partial charge is 0.242 e. The molecule has 1 aromatic rings. The summed E-state index contributed by atoms with van der Waals surface area (Å²) in [4.78, 5) is 4.34. The van der Waals surface area contributed by atoms with E-state index in [1.54, 1.807) is 12.1 Å².